The topological polar surface area (TPSA) is 73.9 Å². The van der Waals surface area contributed by atoms with Crippen LogP contribution in [0.15, 0.2) is 18.2 Å². The van der Waals surface area contributed by atoms with Crippen LogP contribution < -0.4 is 14.8 Å². The molecule has 1 aliphatic carbocycles. The lowest BCUT2D eigenvalue weighted by Crippen LogP contribution is -2.40. The van der Waals surface area contributed by atoms with Gasteiger partial charge in [0.15, 0.2) is 17.6 Å². The van der Waals surface area contributed by atoms with Crippen molar-refractivity contribution < 1.29 is 23.8 Å². The standard InChI is InChI=1S/C20H26ClNO5/c1-4-26-19-16(21)11-14(12-17(19)25-3)9-10-18(23)27-13(2)20(24)22-15-7-5-6-8-15/h9-13,15H,4-8H2,1-3H3,(H,22,24)/b10-9+/t13-/m1/s1. The van der Waals surface area contributed by atoms with Crippen LogP contribution in [0.25, 0.3) is 6.08 Å². The zero-order valence-electron chi connectivity index (χ0n) is 15.9. The third-order valence-electron chi connectivity index (χ3n) is 4.32. The molecule has 0 bridgehead atoms. The van der Waals surface area contributed by atoms with Crippen LogP contribution >= 0.6 is 11.6 Å². The summed E-state index contributed by atoms with van der Waals surface area (Å²) in [5.74, 6) is 0.0581. The van der Waals surface area contributed by atoms with Crippen LogP contribution in [-0.4, -0.2) is 37.7 Å². The zero-order chi connectivity index (χ0) is 19.8. The van der Waals surface area contributed by atoms with E-state index < -0.39 is 12.1 Å². The Balaban J connectivity index is 1.95. The van der Waals surface area contributed by atoms with Crippen LogP contribution in [0.4, 0.5) is 0 Å². The Kier molecular flexibility index (Phi) is 7.98. The fourth-order valence-electron chi connectivity index (χ4n) is 2.94. The quantitative estimate of drug-likeness (QED) is 0.536. The Morgan fingerprint density at radius 3 is 2.67 bits per heavy atom. The van der Waals surface area contributed by atoms with Crippen molar-refractivity contribution in [1.82, 2.24) is 5.32 Å². The molecule has 148 valence electrons. The number of nitrogens with one attached hydrogen (secondary N) is 1. The van der Waals surface area contributed by atoms with Gasteiger partial charge in [0, 0.05) is 12.1 Å². The summed E-state index contributed by atoms with van der Waals surface area (Å²) in [5, 5.41) is 3.29. The summed E-state index contributed by atoms with van der Waals surface area (Å²) in [6.45, 7) is 3.87. The van der Waals surface area contributed by atoms with Crippen molar-refractivity contribution in [2.45, 2.75) is 51.7 Å². The van der Waals surface area contributed by atoms with E-state index >= 15 is 0 Å². The molecule has 0 radical (unpaired) electrons. The summed E-state index contributed by atoms with van der Waals surface area (Å²) < 4.78 is 15.9. The summed E-state index contributed by atoms with van der Waals surface area (Å²) in [6, 6.07) is 3.55. The molecular weight excluding hydrogens is 370 g/mol. The van der Waals surface area contributed by atoms with Crippen molar-refractivity contribution in [1.29, 1.82) is 0 Å². The molecule has 1 aromatic rings. The van der Waals surface area contributed by atoms with Crippen LogP contribution in [0.5, 0.6) is 11.5 Å². The Bertz CT molecular complexity index is 698. The average molecular weight is 396 g/mol. The first-order valence-electron chi connectivity index (χ1n) is 9.14. The predicted octanol–water partition coefficient (Wildman–Crippen LogP) is 3.75. The summed E-state index contributed by atoms with van der Waals surface area (Å²) >= 11 is 6.21. The third kappa shape index (κ3) is 6.17. The van der Waals surface area contributed by atoms with Gasteiger partial charge in [-0.15, -0.1) is 0 Å². The molecule has 0 aliphatic heterocycles. The van der Waals surface area contributed by atoms with Gasteiger partial charge in [-0.05, 0) is 50.5 Å². The second-order valence-electron chi connectivity index (χ2n) is 6.37. The molecule has 1 amide bonds. The van der Waals surface area contributed by atoms with Gasteiger partial charge in [-0.2, -0.15) is 0 Å². The summed E-state index contributed by atoms with van der Waals surface area (Å²) in [4.78, 5) is 24.1. The van der Waals surface area contributed by atoms with E-state index in [1.165, 1.54) is 13.2 Å². The number of carbonyl (C=O) groups is 2. The summed E-state index contributed by atoms with van der Waals surface area (Å²) in [5.41, 5.74) is 0.653. The first-order chi connectivity index (χ1) is 12.9. The fraction of sp³-hybridized carbons (Fsp3) is 0.500. The van der Waals surface area contributed by atoms with Crippen molar-refractivity contribution in [3.8, 4) is 11.5 Å². The molecule has 0 heterocycles. The largest absolute Gasteiger partial charge is 0.493 e. The molecule has 0 saturated heterocycles. The number of hydrogen-bond acceptors (Lipinski definition) is 5. The summed E-state index contributed by atoms with van der Waals surface area (Å²) in [7, 11) is 1.51. The molecule has 7 heteroatoms. The average Bonchev–Trinajstić information content (AvgIpc) is 3.14. The number of ether oxygens (including phenoxy) is 3. The lowest BCUT2D eigenvalue weighted by atomic mass is 10.2. The van der Waals surface area contributed by atoms with Crippen molar-refractivity contribution in [2.75, 3.05) is 13.7 Å². The number of carbonyl (C=O) groups excluding carboxylic acids is 2. The van der Waals surface area contributed by atoms with Crippen molar-refractivity contribution in [3.05, 3.63) is 28.8 Å². The minimum Gasteiger partial charge on any atom is -0.493 e. The molecule has 0 unspecified atom stereocenters. The Hall–Kier alpha value is -2.21. The molecule has 1 saturated carbocycles. The lowest BCUT2D eigenvalue weighted by Gasteiger charge is -2.16. The van der Waals surface area contributed by atoms with Crippen molar-refractivity contribution >= 4 is 29.6 Å². The minimum atomic E-state index is -0.846. The highest BCUT2D eigenvalue weighted by Gasteiger charge is 2.22. The normalized spacial score (nSPS) is 15.6. The highest BCUT2D eigenvalue weighted by Crippen LogP contribution is 2.36. The molecule has 6 nitrogen and oxygen atoms in total. The molecule has 0 spiro atoms. The fourth-order valence-corrected chi connectivity index (χ4v) is 3.21. The smallest absolute Gasteiger partial charge is 0.331 e. The van der Waals surface area contributed by atoms with Gasteiger partial charge >= 0.3 is 5.97 Å². The van der Waals surface area contributed by atoms with Crippen LogP contribution in [0.3, 0.4) is 0 Å². The van der Waals surface area contributed by atoms with Gasteiger partial charge in [0.2, 0.25) is 0 Å². The van der Waals surface area contributed by atoms with Gasteiger partial charge < -0.3 is 19.5 Å². The van der Waals surface area contributed by atoms with Gasteiger partial charge in [0.1, 0.15) is 0 Å². The number of rotatable bonds is 8. The molecule has 1 aliphatic rings. The van der Waals surface area contributed by atoms with Gasteiger partial charge in [-0.25, -0.2) is 4.79 Å². The number of esters is 1. The molecule has 1 fully saturated rings. The van der Waals surface area contributed by atoms with Crippen LogP contribution in [0.1, 0.15) is 45.1 Å². The number of hydrogen-bond donors (Lipinski definition) is 1. The van der Waals surface area contributed by atoms with Gasteiger partial charge in [0.25, 0.3) is 5.91 Å². The highest BCUT2D eigenvalue weighted by atomic mass is 35.5. The van der Waals surface area contributed by atoms with E-state index in [9.17, 15) is 9.59 Å². The minimum absolute atomic E-state index is 0.188. The first-order valence-corrected chi connectivity index (χ1v) is 9.51. The maximum Gasteiger partial charge on any atom is 0.331 e. The molecule has 1 atom stereocenters. The van der Waals surface area contributed by atoms with Crippen molar-refractivity contribution in [3.63, 3.8) is 0 Å². The number of benzene rings is 1. The molecule has 2 rings (SSSR count). The van der Waals surface area contributed by atoms with Crippen LogP contribution in [0.2, 0.25) is 5.02 Å². The Labute approximate surface area is 164 Å². The number of halogens is 1. The molecular formula is C20H26ClNO5. The number of methoxy groups -OCH3 is 1. The van der Waals surface area contributed by atoms with Crippen molar-refractivity contribution in [2.24, 2.45) is 0 Å². The Morgan fingerprint density at radius 1 is 1.33 bits per heavy atom. The second kappa shape index (κ2) is 10.2. The first kappa shape index (κ1) is 21.1. The highest BCUT2D eigenvalue weighted by molar-refractivity contribution is 6.32. The molecule has 27 heavy (non-hydrogen) atoms. The van der Waals surface area contributed by atoms with Crippen LogP contribution in [0, 0.1) is 0 Å². The van der Waals surface area contributed by atoms with E-state index in [0.717, 1.165) is 25.7 Å². The summed E-state index contributed by atoms with van der Waals surface area (Å²) in [6.07, 6.45) is 6.16. The SMILES string of the molecule is CCOc1c(Cl)cc(/C=C/C(=O)O[C@H](C)C(=O)NC2CCCC2)cc1OC. The van der Waals surface area contributed by atoms with E-state index in [2.05, 4.69) is 5.32 Å². The van der Waals surface area contributed by atoms with E-state index in [0.29, 0.717) is 28.7 Å². The van der Waals surface area contributed by atoms with Gasteiger partial charge in [0.05, 0.1) is 18.7 Å². The van der Waals surface area contributed by atoms with E-state index in [1.54, 1.807) is 25.1 Å². The van der Waals surface area contributed by atoms with E-state index in [1.807, 2.05) is 6.92 Å². The van der Waals surface area contributed by atoms with Gasteiger partial charge in [-0.1, -0.05) is 24.4 Å². The Morgan fingerprint density at radius 2 is 2.04 bits per heavy atom. The third-order valence-corrected chi connectivity index (χ3v) is 4.60. The molecule has 1 N–H and O–H groups in total. The van der Waals surface area contributed by atoms with E-state index in [-0.39, 0.29) is 11.9 Å². The zero-order valence-corrected chi connectivity index (χ0v) is 16.7. The predicted molar refractivity (Wildman–Crippen MR) is 104 cm³/mol. The van der Waals surface area contributed by atoms with Gasteiger partial charge in [-0.3, -0.25) is 4.79 Å². The van der Waals surface area contributed by atoms with Crippen LogP contribution in [-0.2, 0) is 14.3 Å². The monoisotopic (exact) mass is 395 g/mol. The molecule has 0 aromatic heterocycles. The number of amides is 1. The maximum absolute atomic E-state index is 12.1. The molecule has 1 aromatic carbocycles. The lowest BCUT2D eigenvalue weighted by molar-refractivity contribution is -0.150. The van der Waals surface area contributed by atoms with E-state index in [4.69, 9.17) is 25.8 Å². The second-order valence-corrected chi connectivity index (χ2v) is 6.78. The maximum atomic E-state index is 12.1.